The minimum absolute atomic E-state index is 0.281. The molecule has 0 aliphatic carbocycles. The maximum Gasteiger partial charge on any atom is 0.173 e. The number of aliphatic hydroxyl groups is 3. The Morgan fingerprint density at radius 1 is 1.09 bits per heavy atom. The van der Waals surface area contributed by atoms with Crippen LogP contribution in [0.4, 0.5) is 0 Å². The van der Waals surface area contributed by atoms with Crippen molar-refractivity contribution in [3.8, 4) is 17.1 Å². The first kappa shape index (κ1) is 15.2. The van der Waals surface area contributed by atoms with E-state index < -0.39 is 23.7 Å². The van der Waals surface area contributed by atoms with Crippen molar-refractivity contribution in [2.45, 2.75) is 23.7 Å². The summed E-state index contributed by atoms with van der Waals surface area (Å²) in [4.78, 5) is 12.4. The molecule has 3 rings (SSSR count). The molecular formula is C14H15N3O4S. The van der Waals surface area contributed by atoms with Crippen molar-refractivity contribution < 1.29 is 20.1 Å². The third kappa shape index (κ3) is 3.05. The third-order valence-electron chi connectivity index (χ3n) is 3.27. The number of aliphatic hydroxyl groups excluding tert-OH is 3. The molecule has 8 heteroatoms. The van der Waals surface area contributed by atoms with Crippen molar-refractivity contribution in [2.75, 3.05) is 5.75 Å². The zero-order chi connectivity index (χ0) is 15.5. The van der Waals surface area contributed by atoms with Gasteiger partial charge in [0.15, 0.2) is 5.44 Å². The topological polar surface area (TPSA) is 109 Å². The number of pyridine rings is 1. The quantitative estimate of drug-likeness (QED) is 0.729. The van der Waals surface area contributed by atoms with Crippen molar-refractivity contribution in [1.29, 1.82) is 0 Å². The summed E-state index contributed by atoms with van der Waals surface area (Å²) in [5.74, 6) is 0.715. The van der Waals surface area contributed by atoms with Crippen molar-refractivity contribution in [3.63, 3.8) is 0 Å². The number of nitrogens with zero attached hydrogens (tertiary/aromatic N) is 3. The van der Waals surface area contributed by atoms with Crippen LogP contribution >= 0.6 is 11.8 Å². The molecule has 1 fully saturated rings. The Kier molecular flexibility index (Phi) is 4.53. The van der Waals surface area contributed by atoms with E-state index in [4.69, 9.17) is 4.74 Å². The van der Waals surface area contributed by atoms with Gasteiger partial charge in [-0.2, -0.15) is 0 Å². The number of hydrogen-bond donors (Lipinski definition) is 3. The van der Waals surface area contributed by atoms with E-state index in [2.05, 4.69) is 15.0 Å². The van der Waals surface area contributed by atoms with Gasteiger partial charge in [-0.3, -0.25) is 15.0 Å². The van der Waals surface area contributed by atoms with Gasteiger partial charge in [0.2, 0.25) is 0 Å². The Bertz CT molecular complexity index is 630. The average molecular weight is 321 g/mol. The number of rotatable bonds is 3. The van der Waals surface area contributed by atoms with Gasteiger partial charge in [0.05, 0.1) is 12.3 Å². The van der Waals surface area contributed by atoms with Gasteiger partial charge in [0.25, 0.3) is 0 Å². The molecule has 3 heterocycles. The van der Waals surface area contributed by atoms with Crippen LogP contribution in [0.25, 0.3) is 11.4 Å². The largest absolute Gasteiger partial charge is 0.475 e. The van der Waals surface area contributed by atoms with Crippen LogP contribution in [-0.2, 0) is 0 Å². The lowest BCUT2D eigenvalue weighted by atomic mass is 10.1. The molecular weight excluding hydrogens is 306 g/mol. The maximum absolute atomic E-state index is 10.0. The first-order valence-corrected chi connectivity index (χ1v) is 7.75. The fourth-order valence-electron chi connectivity index (χ4n) is 2.11. The summed E-state index contributed by atoms with van der Waals surface area (Å²) in [6.45, 7) is 0. The maximum atomic E-state index is 10.0. The van der Waals surface area contributed by atoms with Gasteiger partial charge in [-0.15, -0.1) is 11.8 Å². The Hall–Kier alpha value is -1.74. The zero-order valence-corrected chi connectivity index (χ0v) is 12.3. The van der Waals surface area contributed by atoms with E-state index >= 15 is 0 Å². The highest BCUT2D eigenvalue weighted by atomic mass is 32.2. The number of aromatic nitrogens is 3. The van der Waals surface area contributed by atoms with Crippen LogP contribution in [-0.4, -0.2) is 59.8 Å². The minimum atomic E-state index is -1.23. The van der Waals surface area contributed by atoms with E-state index in [1.54, 1.807) is 36.9 Å². The molecule has 0 unspecified atom stereocenters. The first-order valence-electron chi connectivity index (χ1n) is 6.70. The fourth-order valence-corrected chi connectivity index (χ4v) is 3.22. The average Bonchev–Trinajstić information content (AvgIpc) is 2.57. The zero-order valence-electron chi connectivity index (χ0n) is 11.5. The molecule has 0 aromatic carbocycles. The molecule has 1 saturated heterocycles. The molecule has 2 aromatic heterocycles. The Balaban J connectivity index is 1.84. The Morgan fingerprint density at radius 3 is 2.73 bits per heavy atom. The molecule has 22 heavy (non-hydrogen) atoms. The van der Waals surface area contributed by atoms with Crippen LogP contribution in [0.5, 0.6) is 5.75 Å². The van der Waals surface area contributed by atoms with Crippen molar-refractivity contribution >= 4 is 11.8 Å². The van der Waals surface area contributed by atoms with Gasteiger partial charge in [-0.25, -0.2) is 0 Å². The molecule has 3 N–H and O–H groups in total. The van der Waals surface area contributed by atoms with Gasteiger partial charge < -0.3 is 20.1 Å². The van der Waals surface area contributed by atoms with Gasteiger partial charge in [0.1, 0.15) is 29.3 Å². The van der Waals surface area contributed by atoms with Gasteiger partial charge in [-0.1, -0.05) is 0 Å². The lowest BCUT2D eigenvalue weighted by molar-refractivity contribution is -0.0785. The summed E-state index contributed by atoms with van der Waals surface area (Å²) >= 11 is 1.24. The highest BCUT2D eigenvalue weighted by molar-refractivity contribution is 7.99. The van der Waals surface area contributed by atoms with Crippen molar-refractivity contribution in [3.05, 3.63) is 36.9 Å². The van der Waals surface area contributed by atoms with Gasteiger partial charge in [-0.05, 0) is 12.1 Å². The van der Waals surface area contributed by atoms with Crippen LogP contribution in [0.1, 0.15) is 0 Å². The highest BCUT2D eigenvalue weighted by Crippen LogP contribution is 2.32. The molecule has 0 amide bonds. The second-order valence-corrected chi connectivity index (χ2v) is 5.94. The molecule has 0 saturated carbocycles. The SMILES string of the molecule is O[C@@H]1[C@@H](O)[C@H](Oc2cccnc2-c2cnccn2)SC[C@H]1O. The van der Waals surface area contributed by atoms with Gasteiger partial charge >= 0.3 is 0 Å². The normalized spacial score (nSPS) is 28.3. The van der Waals surface area contributed by atoms with E-state index in [1.807, 2.05) is 0 Å². The van der Waals surface area contributed by atoms with Crippen LogP contribution in [0.15, 0.2) is 36.9 Å². The summed E-state index contributed by atoms with van der Waals surface area (Å²) in [6, 6.07) is 3.42. The van der Waals surface area contributed by atoms with Crippen LogP contribution in [0.2, 0.25) is 0 Å². The van der Waals surface area contributed by atoms with E-state index in [-0.39, 0.29) is 5.75 Å². The summed E-state index contributed by atoms with van der Waals surface area (Å²) in [5.41, 5.74) is 0.357. The molecule has 2 aromatic rings. The Morgan fingerprint density at radius 2 is 1.95 bits per heavy atom. The monoisotopic (exact) mass is 321 g/mol. The molecule has 4 atom stereocenters. The van der Waals surface area contributed by atoms with Crippen LogP contribution in [0, 0.1) is 0 Å². The Labute approximate surface area is 131 Å². The standard InChI is InChI=1S/C14H15N3O4S/c18-9-7-22-14(13(20)12(9)19)21-10-2-1-3-17-11(10)8-6-15-4-5-16-8/h1-6,9,12-14,18-20H,7H2/t9-,12+,13-,14-/m1/s1. The summed E-state index contributed by atoms with van der Waals surface area (Å²) in [7, 11) is 0. The summed E-state index contributed by atoms with van der Waals surface area (Å²) in [5, 5.41) is 29.3. The predicted octanol–water partition coefficient (Wildman–Crippen LogP) is 0.0730. The molecule has 116 valence electrons. The van der Waals surface area contributed by atoms with Gasteiger partial charge in [0, 0.05) is 24.3 Å². The minimum Gasteiger partial charge on any atom is -0.475 e. The third-order valence-corrected chi connectivity index (χ3v) is 4.51. The van der Waals surface area contributed by atoms with Crippen molar-refractivity contribution in [2.24, 2.45) is 0 Å². The molecule has 0 spiro atoms. The lowest BCUT2D eigenvalue weighted by Crippen LogP contribution is -2.50. The molecule has 0 bridgehead atoms. The van der Waals surface area contributed by atoms with Crippen molar-refractivity contribution in [1.82, 2.24) is 15.0 Å². The van der Waals surface area contributed by atoms with Crippen LogP contribution in [0.3, 0.4) is 0 Å². The van der Waals surface area contributed by atoms with E-state index in [9.17, 15) is 15.3 Å². The number of hydrogen-bond acceptors (Lipinski definition) is 8. The molecule has 7 nitrogen and oxygen atoms in total. The van der Waals surface area contributed by atoms with Crippen LogP contribution < -0.4 is 4.74 Å². The summed E-state index contributed by atoms with van der Waals surface area (Å²) in [6.07, 6.45) is 2.90. The predicted molar refractivity (Wildman–Crippen MR) is 80.2 cm³/mol. The second kappa shape index (κ2) is 6.57. The van der Waals surface area contributed by atoms with E-state index in [1.165, 1.54) is 11.8 Å². The second-order valence-electron chi connectivity index (χ2n) is 4.81. The fraction of sp³-hybridized carbons (Fsp3) is 0.357. The molecule has 1 aliphatic rings. The summed E-state index contributed by atoms with van der Waals surface area (Å²) < 4.78 is 5.78. The highest BCUT2D eigenvalue weighted by Gasteiger charge is 2.38. The first-order chi connectivity index (χ1) is 10.7. The molecule has 1 aliphatic heterocycles. The number of ether oxygens (including phenoxy) is 1. The van der Waals surface area contributed by atoms with E-state index in [0.29, 0.717) is 17.1 Å². The molecule has 0 radical (unpaired) electrons. The van der Waals surface area contributed by atoms with E-state index in [0.717, 1.165) is 0 Å². The smallest absolute Gasteiger partial charge is 0.173 e. The number of thioether (sulfide) groups is 1. The lowest BCUT2D eigenvalue weighted by Gasteiger charge is -2.34.